The van der Waals surface area contributed by atoms with Gasteiger partial charge in [0.15, 0.2) is 0 Å². The number of thiophene rings is 1. The molecule has 2 aromatic carbocycles. The maximum absolute atomic E-state index is 13.2. The Kier molecular flexibility index (Phi) is 5.66. The Morgan fingerprint density at radius 1 is 1.09 bits per heavy atom. The van der Waals surface area contributed by atoms with Gasteiger partial charge in [0.2, 0.25) is 5.82 Å². The molecule has 0 saturated heterocycles. The van der Waals surface area contributed by atoms with Crippen molar-refractivity contribution in [2.75, 3.05) is 7.11 Å². The summed E-state index contributed by atoms with van der Waals surface area (Å²) in [6.07, 6.45) is 0. The number of hydrogen-bond donors (Lipinski definition) is 1. The van der Waals surface area contributed by atoms with Crippen molar-refractivity contribution in [3.05, 3.63) is 94.8 Å². The second-order valence-corrected chi connectivity index (χ2v) is 8.57. The topological polar surface area (TPSA) is 80.5 Å². The number of carbonyl (C=O) groups is 1. The summed E-state index contributed by atoms with van der Waals surface area (Å²) in [5.74, 6) is 1.65. The molecule has 1 aliphatic rings. The molecule has 0 saturated carbocycles. The first kappa shape index (κ1) is 21.0. The third-order valence-corrected chi connectivity index (χ3v) is 6.49. The fraction of sp³-hybridized carbons (Fsp3) is 0.160. The molecule has 0 bridgehead atoms. The molecule has 2 amide bonds. The summed E-state index contributed by atoms with van der Waals surface area (Å²) in [5.41, 5.74) is 3.46. The average Bonchev–Trinajstić information content (AvgIpc) is 3.54. The number of nitrogens with zero attached hydrogens (tertiary/aromatic N) is 3. The molecule has 0 fully saturated rings. The fourth-order valence-electron chi connectivity index (χ4n) is 3.90. The lowest BCUT2D eigenvalue weighted by molar-refractivity contribution is 0.203. The molecule has 2 aromatic heterocycles. The van der Waals surface area contributed by atoms with E-state index in [0.29, 0.717) is 18.3 Å². The fourth-order valence-corrected chi connectivity index (χ4v) is 4.55. The summed E-state index contributed by atoms with van der Waals surface area (Å²) in [7, 11) is 1.62. The predicted molar refractivity (Wildman–Crippen MR) is 126 cm³/mol. The summed E-state index contributed by atoms with van der Waals surface area (Å²) in [6.45, 7) is 2.35. The number of amides is 2. The Labute approximate surface area is 195 Å². The van der Waals surface area contributed by atoms with Crippen molar-refractivity contribution in [1.82, 2.24) is 20.4 Å². The highest BCUT2D eigenvalue weighted by molar-refractivity contribution is 7.13. The highest BCUT2D eigenvalue weighted by atomic mass is 32.1. The van der Waals surface area contributed by atoms with E-state index in [1.165, 1.54) is 0 Å². The van der Waals surface area contributed by atoms with E-state index >= 15 is 0 Å². The molecule has 7 nitrogen and oxygen atoms in total. The molecule has 0 spiro atoms. The van der Waals surface area contributed by atoms with Crippen LogP contribution in [0.3, 0.4) is 0 Å². The van der Waals surface area contributed by atoms with Crippen molar-refractivity contribution in [1.29, 1.82) is 0 Å². The zero-order valence-electron chi connectivity index (χ0n) is 18.2. The lowest BCUT2D eigenvalue weighted by Gasteiger charge is -2.35. The highest BCUT2D eigenvalue weighted by Gasteiger charge is 2.35. The quantitative estimate of drug-likeness (QED) is 0.412. The van der Waals surface area contributed by atoms with Crippen LogP contribution in [-0.4, -0.2) is 28.2 Å². The molecule has 166 valence electrons. The van der Waals surface area contributed by atoms with Gasteiger partial charge in [-0.3, -0.25) is 4.90 Å². The van der Waals surface area contributed by atoms with Crippen LogP contribution < -0.4 is 10.1 Å². The predicted octanol–water partition coefficient (Wildman–Crippen LogP) is 5.50. The van der Waals surface area contributed by atoms with Gasteiger partial charge in [0.25, 0.3) is 5.89 Å². The second-order valence-electron chi connectivity index (χ2n) is 7.63. The van der Waals surface area contributed by atoms with Gasteiger partial charge >= 0.3 is 6.03 Å². The zero-order chi connectivity index (χ0) is 22.8. The van der Waals surface area contributed by atoms with Crippen molar-refractivity contribution in [3.8, 4) is 16.5 Å². The number of benzene rings is 2. The molecule has 1 unspecified atom stereocenters. The van der Waals surface area contributed by atoms with Gasteiger partial charge in [0.05, 0.1) is 30.1 Å². The maximum atomic E-state index is 13.2. The number of nitrogens with one attached hydrogen (secondary N) is 1. The SMILES string of the molecule is COc1ccc(C2NC(=O)N(Cc3ccccc3)C(C)=C2c2nc(-c3cccs3)no2)cc1. The zero-order valence-corrected chi connectivity index (χ0v) is 19.0. The van der Waals surface area contributed by atoms with Gasteiger partial charge in [-0.05, 0) is 41.6 Å². The minimum absolute atomic E-state index is 0.182. The van der Waals surface area contributed by atoms with E-state index in [4.69, 9.17) is 9.26 Å². The minimum atomic E-state index is -0.438. The van der Waals surface area contributed by atoms with E-state index in [1.54, 1.807) is 23.3 Å². The van der Waals surface area contributed by atoms with Gasteiger partial charge in [0, 0.05) is 5.70 Å². The van der Waals surface area contributed by atoms with E-state index in [1.807, 2.05) is 79.0 Å². The number of carbonyl (C=O) groups excluding carboxylic acids is 1. The number of allylic oxidation sites excluding steroid dienone is 1. The Morgan fingerprint density at radius 2 is 1.88 bits per heavy atom. The van der Waals surface area contributed by atoms with Crippen LogP contribution in [0.25, 0.3) is 16.3 Å². The molecule has 1 atom stereocenters. The molecule has 4 aromatic rings. The van der Waals surface area contributed by atoms with Gasteiger partial charge in [-0.25, -0.2) is 4.79 Å². The van der Waals surface area contributed by atoms with E-state index in [9.17, 15) is 4.79 Å². The summed E-state index contributed by atoms with van der Waals surface area (Å²) in [4.78, 5) is 20.5. The van der Waals surface area contributed by atoms with Crippen molar-refractivity contribution in [3.63, 3.8) is 0 Å². The first-order chi connectivity index (χ1) is 16.1. The normalized spacial score (nSPS) is 16.1. The van der Waals surface area contributed by atoms with Crippen LogP contribution in [0.2, 0.25) is 0 Å². The maximum Gasteiger partial charge on any atom is 0.322 e. The van der Waals surface area contributed by atoms with Crippen molar-refractivity contribution in [2.24, 2.45) is 0 Å². The van der Waals surface area contributed by atoms with Gasteiger partial charge in [-0.15, -0.1) is 11.3 Å². The molecule has 0 radical (unpaired) electrons. The summed E-state index contributed by atoms with van der Waals surface area (Å²) in [5, 5.41) is 9.29. The molecule has 5 rings (SSSR count). The first-order valence-corrected chi connectivity index (χ1v) is 11.4. The third-order valence-electron chi connectivity index (χ3n) is 5.63. The van der Waals surface area contributed by atoms with E-state index in [-0.39, 0.29) is 6.03 Å². The number of urea groups is 1. The molecule has 33 heavy (non-hydrogen) atoms. The van der Waals surface area contributed by atoms with Crippen LogP contribution in [0, 0.1) is 0 Å². The van der Waals surface area contributed by atoms with E-state index < -0.39 is 6.04 Å². The van der Waals surface area contributed by atoms with Crippen molar-refractivity contribution >= 4 is 22.9 Å². The van der Waals surface area contributed by atoms with E-state index in [2.05, 4.69) is 15.5 Å². The highest BCUT2D eigenvalue weighted by Crippen LogP contribution is 2.38. The molecular weight excluding hydrogens is 436 g/mol. The van der Waals surface area contributed by atoms with Crippen LogP contribution >= 0.6 is 11.3 Å². The molecule has 1 N–H and O–H groups in total. The largest absolute Gasteiger partial charge is 0.497 e. The number of methoxy groups -OCH3 is 1. The minimum Gasteiger partial charge on any atom is -0.497 e. The Bertz CT molecular complexity index is 1280. The van der Waals surface area contributed by atoms with Gasteiger partial charge in [-0.2, -0.15) is 4.98 Å². The van der Waals surface area contributed by atoms with Gasteiger partial charge in [0.1, 0.15) is 5.75 Å². The van der Waals surface area contributed by atoms with Crippen LogP contribution in [0.4, 0.5) is 4.79 Å². The average molecular weight is 459 g/mol. The lowest BCUT2D eigenvalue weighted by atomic mass is 9.94. The van der Waals surface area contributed by atoms with Crippen molar-refractivity contribution in [2.45, 2.75) is 19.5 Å². The smallest absolute Gasteiger partial charge is 0.322 e. The Balaban J connectivity index is 1.59. The van der Waals surface area contributed by atoms with Gasteiger partial charge in [-0.1, -0.05) is 53.7 Å². The van der Waals surface area contributed by atoms with Crippen molar-refractivity contribution < 1.29 is 14.1 Å². The number of rotatable bonds is 6. The summed E-state index contributed by atoms with van der Waals surface area (Å²) >= 11 is 1.55. The van der Waals surface area contributed by atoms with E-state index in [0.717, 1.165) is 33.0 Å². The lowest BCUT2D eigenvalue weighted by Crippen LogP contribution is -2.45. The van der Waals surface area contributed by atoms with Crippen LogP contribution in [0.5, 0.6) is 5.75 Å². The monoisotopic (exact) mass is 458 g/mol. The number of ether oxygens (including phenoxy) is 1. The first-order valence-electron chi connectivity index (χ1n) is 10.5. The number of aromatic nitrogens is 2. The molecule has 3 heterocycles. The molecule has 8 heteroatoms. The van der Waals surface area contributed by atoms with Gasteiger partial charge < -0.3 is 14.6 Å². The molecule has 1 aliphatic heterocycles. The summed E-state index contributed by atoms with van der Waals surface area (Å²) in [6, 6.07) is 20.8. The summed E-state index contributed by atoms with van der Waals surface area (Å²) < 4.78 is 11.0. The second kappa shape index (κ2) is 8.91. The number of hydrogen-bond acceptors (Lipinski definition) is 6. The molecule has 0 aliphatic carbocycles. The standard InChI is InChI=1S/C25H22N4O3S/c1-16-21(24-27-23(28-32-24)20-9-6-14-33-20)22(18-10-12-19(31-2)13-11-18)26-25(30)29(16)15-17-7-4-3-5-8-17/h3-14,22H,15H2,1-2H3,(H,26,30). The van der Waals surface area contributed by atoms with Crippen LogP contribution in [-0.2, 0) is 6.54 Å². The van der Waals surface area contributed by atoms with Crippen LogP contribution in [0.15, 0.2) is 82.3 Å². The Hall–Kier alpha value is -3.91. The van der Waals surface area contributed by atoms with Crippen LogP contribution in [0.1, 0.15) is 30.0 Å². The third kappa shape index (κ3) is 4.12. The molecular formula is C25H22N4O3S. The Morgan fingerprint density at radius 3 is 2.58 bits per heavy atom.